The summed E-state index contributed by atoms with van der Waals surface area (Å²) in [7, 11) is 0. The number of carbonyl (C=O) groups excluding carboxylic acids is 1. The van der Waals surface area contributed by atoms with Gasteiger partial charge in [0.15, 0.2) is 0 Å². The highest BCUT2D eigenvalue weighted by Gasteiger charge is 2.10. The first-order valence-corrected chi connectivity index (χ1v) is 3.89. The summed E-state index contributed by atoms with van der Waals surface area (Å²) in [5, 5.41) is 0. The van der Waals surface area contributed by atoms with E-state index in [4.69, 9.17) is 9.47 Å². The molecule has 1 unspecified atom stereocenters. The molecular formula is C8H16O3. The number of carbonyl (C=O) groups is 1. The van der Waals surface area contributed by atoms with Crippen LogP contribution in [0.15, 0.2) is 0 Å². The molecule has 0 heterocycles. The summed E-state index contributed by atoms with van der Waals surface area (Å²) in [4.78, 5) is 10.5. The van der Waals surface area contributed by atoms with Gasteiger partial charge in [0.2, 0.25) is 6.29 Å². The molecular weight excluding hydrogens is 144 g/mol. The second-order valence-electron chi connectivity index (χ2n) is 2.63. The minimum absolute atomic E-state index is 0.0966. The van der Waals surface area contributed by atoms with Crippen LogP contribution in [-0.2, 0) is 14.3 Å². The average Bonchev–Trinajstić information content (AvgIpc) is 1.84. The van der Waals surface area contributed by atoms with Crippen LogP contribution in [0.25, 0.3) is 0 Å². The van der Waals surface area contributed by atoms with Gasteiger partial charge in [-0.2, -0.15) is 0 Å². The van der Waals surface area contributed by atoms with E-state index in [1.807, 2.05) is 20.8 Å². The molecule has 1 atom stereocenters. The van der Waals surface area contributed by atoms with Crippen LogP contribution in [0.1, 0.15) is 34.1 Å². The van der Waals surface area contributed by atoms with E-state index in [0.717, 1.165) is 0 Å². The van der Waals surface area contributed by atoms with Crippen LogP contribution in [-0.4, -0.2) is 18.4 Å². The summed E-state index contributed by atoms with van der Waals surface area (Å²) >= 11 is 0. The Morgan fingerprint density at radius 2 is 2.00 bits per heavy atom. The van der Waals surface area contributed by atoms with Crippen LogP contribution in [0.4, 0.5) is 0 Å². The second-order valence-corrected chi connectivity index (χ2v) is 2.63. The summed E-state index contributed by atoms with van der Waals surface area (Å²) < 4.78 is 10.1. The molecule has 0 amide bonds. The van der Waals surface area contributed by atoms with E-state index in [9.17, 15) is 4.79 Å². The average molecular weight is 160 g/mol. The monoisotopic (exact) mass is 160 g/mol. The largest absolute Gasteiger partial charge is 0.436 e. The van der Waals surface area contributed by atoms with Crippen LogP contribution >= 0.6 is 0 Å². The van der Waals surface area contributed by atoms with E-state index in [1.165, 1.54) is 6.92 Å². The maximum atomic E-state index is 10.5. The maximum Gasteiger partial charge on any atom is 0.304 e. The zero-order chi connectivity index (χ0) is 8.85. The number of hydrogen-bond acceptors (Lipinski definition) is 3. The fourth-order valence-corrected chi connectivity index (χ4v) is 0.696. The first-order chi connectivity index (χ1) is 5.06. The van der Waals surface area contributed by atoms with Gasteiger partial charge in [-0.1, -0.05) is 6.92 Å². The number of rotatable bonds is 4. The van der Waals surface area contributed by atoms with E-state index in [-0.39, 0.29) is 18.4 Å². The van der Waals surface area contributed by atoms with Crippen LogP contribution in [0.3, 0.4) is 0 Å². The summed E-state index contributed by atoms with van der Waals surface area (Å²) in [6.45, 7) is 7.11. The molecule has 66 valence electrons. The Morgan fingerprint density at radius 1 is 1.45 bits per heavy atom. The van der Waals surface area contributed by atoms with Gasteiger partial charge in [0.05, 0.1) is 6.10 Å². The maximum absolute atomic E-state index is 10.5. The van der Waals surface area contributed by atoms with Crippen LogP contribution in [0, 0.1) is 0 Å². The molecule has 0 spiro atoms. The smallest absolute Gasteiger partial charge is 0.304 e. The van der Waals surface area contributed by atoms with E-state index < -0.39 is 0 Å². The standard InChI is InChI=1S/C8H16O3/c1-5-8(10-6(2)3)11-7(4)9/h6,8H,5H2,1-4H3. The molecule has 0 rings (SSSR count). The Labute approximate surface area is 67.7 Å². The van der Waals surface area contributed by atoms with Crippen molar-refractivity contribution in [2.24, 2.45) is 0 Å². The highest BCUT2D eigenvalue weighted by atomic mass is 16.7. The number of ether oxygens (including phenoxy) is 2. The lowest BCUT2D eigenvalue weighted by Gasteiger charge is -2.17. The number of esters is 1. The molecule has 3 heteroatoms. The molecule has 0 N–H and O–H groups in total. The minimum atomic E-state index is -0.382. The SMILES string of the molecule is CCC(OC(C)=O)OC(C)C. The Bertz CT molecular complexity index is 121. The normalized spacial score (nSPS) is 13.2. The molecule has 0 aliphatic heterocycles. The van der Waals surface area contributed by atoms with Gasteiger partial charge >= 0.3 is 5.97 Å². The Balaban J connectivity index is 3.66. The fourth-order valence-electron chi connectivity index (χ4n) is 0.696. The van der Waals surface area contributed by atoms with Gasteiger partial charge in [-0.3, -0.25) is 4.79 Å². The second kappa shape index (κ2) is 5.13. The van der Waals surface area contributed by atoms with Crippen molar-refractivity contribution in [1.82, 2.24) is 0 Å². The predicted molar refractivity (Wildman–Crippen MR) is 42.1 cm³/mol. The van der Waals surface area contributed by atoms with E-state index in [2.05, 4.69) is 0 Å². The van der Waals surface area contributed by atoms with Crippen molar-refractivity contribution in [3.05, 3.63) is 0 Å². The molecule has 11 heavy (non-hydrogen) atoms. The molecule has 0 aromatic carbocycles. The zero-order valence-electron chi connectivity index (χ0n) is 7.59. The fraction of sp³-hybridized carbons (Fsp3) is 0.875. The minimum Gasteiger partial charge on any atom is -0.436 e. The third-order valence-corrected chi connectivity index (χ3v) is 1.05. The summed E-state index contributed by atoms with van der Waals surface area (Å²) in [6, 6.07) is 0. The third-order valence-electron chi connectivity index (χ3n) is 1.05. The lowest BCUT2D eigenvalue weighted by atomic mass is 10.4. The highest BCUT2D eigenvalue weighted by Crippen LogP contribution is 2.03. The topological polar surface area (TPSA) is 35.5 Å². The Kier molecular flexibility index (Phi) is 4.86. The van der Waals surface area contributed by atoms with Crippen molar-refractivity contribution in [1.29, 1.82) is 0 Å². The molecule has 0 aromatic heterocycles. The molecule has 3 nitrogen and oxygen atoms in total. The van der Waals surface area contributed by atoms with Gasteiger partial charge in [-0.15, -0.1) is 0 Å². The molecule has 0 radical (unpaired) electrons. The van der Waals surface area contributed by atoms with Crippen molar-refractivity contribution in [2.75, 3.05) is 0 Å². The van der Waals surface area contributed by atoms with Gasteiger partial charge in [-0.25, -0.2) is 0 Å². The van der Waals surface area contributed by atoms with Crippen LogP contribution in [0.2, 0.25) is 0 Å². The molecule has 0 saturated carbocycles. The predicted octanol–water partition coefficient (Wildman–Crippen LogP) is 1.71. The van der Waals surface area contributed by atoms with E-state index >= 15 is 0 Å². The molecule has 0 bridgehead atoms. The number of hydrogen-bond donors (Lipinski definition) is 0. The van der Waals surface area contributed by atoms with Gasteiger partial charge in [0, 0.05) is 13.3 Å². The molecule has 0 aliphatic rings. The Morgan fingerprint density at radius 3 is 2.27 bits per heavy atom. The first-order valence-electron chi connectivity index (χ1n) is 3.89. The van der Waals surface area contributed by atoms with Crippen molar-refractivity contribution in [3.63, 3.8) is 0 Å². The lowest BCUT2D eigenvalue weighted by Crippen LogP contribution is -2.22. The Hall–Kier alpha value is -0.570. The summed E-state index contributed by atoms with van der Waals surface area (Å²) in [6.07, 6.45) is 0.407. The van der Waals surface area contributed by atoms with Gasteiger partial charge in [0.25, 0.3) is 0 Å². The van der Waals surface area contributed by atoms with Crippen molar-refractivity contribution >= 4 is 5.97 Å². The zero-order valence-corrected chi connectivity index (χ0v) is 7.59. The molecule has 0 aliphatic carbocycles. The molecule has 0 aromatic rings. The molecule has 0 fully saturated rings. The van der Waals surface area contributed by atoms with Crippen LogP contribution < -0.4 is 0 Å². The molecule has 0 saturated heterocycles. The quantitative estimate of drug-likeness (QED) is 0.464. The van der Waals surface area contributed by atoms with E-state index in [1.54, 1.807) is 0 Å². The van der Waals surface area contributed by atoms with Gasteiger partial charge < -0.3 is 9.47 Å². The summed E-state index contributed by atoms with van der Waals surface area (Å²) in [5.74, 6) is -0.294. The first kappa shape index (κ1) is 10.4. The van der Waals surface area contributed by atoms with Gasteiger partial charge in [-0.05, 0) is 13.8 Å². The lowest BCUT2D eigenvalue weighted by molar-refractivity contribution is -0.184. The van der Waals surface area contributed by atoms with Crippen molar-refractivity contribution in [3.8, 4) is 0 Å². The van der Waals surface area contributed by atoms with Crippen molar-refractivity contribution < 1.29 is 14.3 Å². The van der Waals surface area contributed by atoms with Gasteiger partial charge in [0.1, 0.15) is 0 Å². The summed E-state index contributed by atoms with van der Waals surface area (Å²) in [5.41, 5.74) is 0. The highest BCUT2D eigenvalue weighted by molar-refractivity contribution is 5.66. The van der Waals surface area contributed by atoms with E-state index in [0.29, 0.717) is 6.42 Å². The van der Waals surface area contributed by atoms with Crippen LogP contribution in [0.5, 0.6) is 0 Å². The van der Waals surface area contributed by atoms with Crippen molar-refractivity contribution in [2.45, 2.75) is 46.5 Å². The third kappa shape index (κ3) is 5.85.